The number of carbonyl (C=O) groups excluding carboxylic acids is 1. The second-order valence-corrected chi connectivity index (χ2v) is 5.39. The summed E-state index contributed by atoms with van der Waals surface area (Å²) in [6, 6.07) is 4.91. The van der Waals surface area contributed by atoms with Crippen LogP contribution in [0.1, 0.15) is 17.3 Å². The molecule has 0 aliphatic heterocycles. The lowest BCUT2D eigenvalue weighted by atomic mass is 10.1. The Hall–Kier alpha value is -1.56. The van der Waals surface area contributed by atoms with Gasteiger partial charge < -0.3 is 16.8 Å². The fourth-order valence-electron chi connectivity index (χ4n) is 1.36. The van der Waals surface area contributed by atoms with Gasteiger partial charge in [-0.2, -0.15) is 0 Å². The number of hydrogen-bond donors (Lipinski definition) is 3. The van der Waals surface area contributed by atoms with Crippen LogP contribution in [0, 0.1) is 0 Å². The molecule has 17 heavy (non-hydrogen) atoms. The van der Waals surface area contributed by atoms with Crippen LogP contribution < -0.4 is 16.8 Å². The van der Waals surface area contributed by atoms with Gasteiger partial charge in [-0.05, 0) is 18.2 Å². The van der Waals surface area contributed by atoms with E-state index in [0.717, 1.165) is 0 Å². The highest BCUT2D eigenvalue weighted by atomic mass is 32.2. The van der Waals surface area contributed by atoms with E-state index in [1.54, 1.807) is 12.1 Å². The molecule has 1 atom stereocenters. The molecule has 5 N–H and O–H groups in total. The molecular weight excluding hydrogens is 238 g/mol. The maximum atomic E-state index is 11.2. The topological polar surface area (TPSA) is 98.2 Å². The Labute approximate surface area is 103 Å². The highest BCUT2D eigenvalue weighted by Crippen LogP contribution is 2.18. The van der Waals surface area contributed by atoms with E-state index in [1.807, 2.05) is 6.92 Å². The van der Waals surface area contributed by atoms with Crippen LogP contribution in [0.5, 0.6) is 0 Å². The monoisotopic (exact) mass is 255 g/mol. The van der Waals surface area contributed by atoms with Crippen LogP contribution in [-0.4, -0.2) is 28.2 Å². The molecule has 1 amide bonds. The average molecular weight is 255 g/mol. The normalized spacial score (nSPS) is 12.1. The van der Waals surface area contributed by atoms with E-state index in [0.29, 0.717) is 35.0 Å². The Morgan fingerprint density at radius 1 is 1.47 bits per heavy atom. The quantitative estimate of drug-likeness (QED) is 0.646. The maximum Gasteiger partial charge on any atom is 0.250 e. The van der Waals surface area contributed by atoms with Crippen LogP contribution in [0.3, 0.4) is 0 Å². The fourth-order valence-corrected chi connectivity index (χ4v) is 1.98. The standard InChI is InChI=1S/C11H17N3O2S/c1-2-17(16)6-5-14-10-4-3-8(12)7-9(10)11(13)15/h3-4,7,14H,2,5-6,12H2,1H3,(H2,13,15). The molecule has 0 saturated carbocycles. The van der Waals surface area contributed by atoms with Crippen molar-refractivity contribution in [3.05, 3.63) is 23.8 Å². The van der Waals surface area contributed by atoms with Crippen LogP contribution in [0.2, 0.25) is 0 Å². The molecule has 0 aromatic heterocycles. The molecule has 0 spiro atoms. The Morgan fingerprint density at radius 3 is 2.76 bits per heavy atom. The largest absolute Gasteiger partial charge is 0.399 e. The molecule has 0 heterocycles. The SMILES string of the molecule is CCS(=O)CCNc1ccc(N)cc1C(N)=O. The summed E-state index contributed by atoms with van der Waals surface area (Å²) in [5.74, 6) is 0.641. The van der Waals surface area contributed by atoms with Gasteiger partial charge in [0.25, 0.3) is 5.91 Å². The highest BCUT2D eigenvalue weighted by molar-refractivity contribution is 7.84. The predicted molar refractivity (Wildman–Crippen MR) is 71.4 cm³/mol. The van der Waals surface area contributed by atoms with Crippen molar-refractivity contribution in [2.24, 2.45) is 5.73 Å². The third kappa shape index (κ3) is 4.07. The van der Waals surface area contributed by atoms with Crippen molar-refractivity contribution in [1.82, 2.24) is 0 Å². The number of amides is 1. The van der Waals surface area contributed by atoms with Gasteiger partial charge in [0.1, 0.15) is 0 Å². The van der Waals surface area contributed by atoms with Crippen LogP contribution in [0.15, 0.2) is 18.2 Å². The first-order valence-corrected chi connectivity index (χ1v) is 6.81. The third-order valence-electron chi connectivity index (χ3n) is 2.28. The number of nitrogens with one attached hydrogen (secondary N) is 1. The van der Waals surface area contributed by atoms with Gasteiger partial charge in [-0.3, -0.25) is 9.00 Å². The summed E-state index contributed by atoms with van der Waals surface area (Å²) < 4.78 is 11.2. The van der Waals surface area contributed by atoms with Crippen molar-refractivity contribution in [3.63, 3.8) is 0 Å². The van der Waals surface area contributed by atoms with Crippen molar-refractivity contribution in [2.45, 2.75) is 6.92 Å². The van der Waals surface area contributed by atoms with Crippen LogP contribution in [-0.2, 0) is 10.8 Å². The van der Waals surface area contributed by atoms with E-state index in [9.17, 15) is 9.00 Å². The van der Waals surface area contributed by atoms with E-state index >= 15 is 0 Å². The number of hydrogen-bond acceptors (Lipinski definition) is 4. The number of carbonyl (C=O) groups is 1. The van der Waals surface area contributed by atoms with E-state index in [4.69, 9.17) is 11.5 Å². The molecule has 0 bridgehead atoms. The number of nitrogens with two attached hydrogens (primary N) is 2. The van der Waals surface area contributed by atoms with Gasteiger partial charge in [0.05, 0.1) is 5.56 Å². The van der Waals surface area contributed by atoms with Gasteiger partial charge in [-0.1, -0.05) is 6.92 Å². The van der Waals surface area contributed by atoms with Gasteiger partial charge in [-0.15, -0.1) is 0 Å². The molecule has 6 heteroatoms. The minimum absolute atomic E-state index is 0.354. The summed E-state index contributed by atoms with van der Waals surface area (Å²) in [5.41, 5.74) is 12.3. The molecule has 0 aliphatic rings. The Bertz CT molecular complexity index is 435. The molecule has 1 aromatic rings. The summed E-state index contributed by atoms with van der Waals surface area (Å²) in [6.45, 7) is 2.40. The summed E-state index contributed by atoms with van der Waals surface area (Å²) in [6.07, 6.45) is 0. The minimum Gasteiger partial charge on any atom is -0.399 e. The van der Waals surface area contributed by atoms with Crippen molar-refractivity contribution >= 4 is 28.1 Å². The molecule has 1 aromatic carbocycles. The number of rotatable bonds is 6. The van der Waals surface area contributed by atoms with Crippen molar-refractivity contribution in [3.8, 4) is 0 Å². The first-order valence-electron chi connectivity index (χ1n) is 5.32. The lowest BCUT2D eigenvalue weighted by molar-refractivity contribution is 0.100. The van der Waals surface area contributed by atoms with Gasteiger partial charge in [0.15, 0.2) is 0 Å². The summed E-state index contributed by atoms with van der Waals surface area (Å²) >= 11 is 0. The zero-order valence-electron chi connectivity index (χ0n) is 9.73. The highest BCUT2D eigenvalue weighted by Gasteiger charge is 2.08. The zero-order chi connectivity index (χ0) is 12.8. The molecule has 1 rings (SSSR count). The molecular formula is C11H17N3O2S. The molecule has 0 fully saturated rings. The molecule has 0 saturated heterocycles. The van der Waals surface area contributed by atoms with Gasteiger partial charge in [0, 0.05) is 40.2 Å². The number of anilines is 2. The number of benzene rings is 1. The Balaban J connectivity index is 2.70. The maximum absolute atomic E-state index is 11.2. The lowest BCUT2D eigenvalue weighted by Crippen LogP contribution is -2.17. The van der Waals surface area contributed by atoms with E-state index in [2.05, 4.69) is 5.32 Å². The van der Waals surface area contributed by atoms with E-state index in [-0.39, 0.29) is 0 Å². The van der Waals surface area contributed by atoms with Gasteiger partial charge in [-0.25, -0.2) is 0 Å². The Kier molecular flexibility index (Phi) is 4.96. The molecule has 0 radical (unpaired) electrons. The third-order valence-corrected chi connectivity index (χ3v) is 3.58. The predicted octanol–water partition coefficient (Wildman–Crippen LogP) is 0.548. The number of nitrogen functional groups attached to an aromatic ring is 1. The van der Waals surface area contributed by atoms with E-state index < -0.39 is 16.7 Å². The first-order chi connectivity index (χ1) is 8.04. The minimum atomic E-state index is -0.826. The summed E-state index contributed by atoms with van der Waals surface area (Å²) in [5, 5.41) is 3.04. The summed E-state index contributed by atoms with van der Waals surface area (Å²) in [4.78, 5) is 11.2. The molecule has 5 nitrogen and oxygen atoms in total. The smallest absolute Gasteiger partial charge is 0.250 e. The lowest BCUT2D eigenvalue weighted by Gasteiger charge is -2.10. The van der Waals surface area contributed by atoms with Crippen LogP contribution in [0.25, 0.3) is 0 Å². The van der Waals surface area contributed by atoms with Crippen molar-refractivity contribution in [2.75, 3.05) is 29.1 Å². The molecule has 94 valence electrons. The van der Waals surface area contributed by atoms with Crippen LogP contribution in [0.4, 0.5) is 11.4 Å². The number of primary amides is 1. The van der Waals surface area contributed by atoms with Gasteiger partial charge >= 0.3 is 0 Å². The second-order valence-electron chi connectivity index (χ2n) is 3.53. The first kappa shape index (κ1) is 13.5. The van der Waals surface area contributed by atoms with Crippen molar-refractivity contribution in [1.29, 1.82) is 0 Å². The van der Waals surface area contributed by atoms with E-state index in [1.165, 1.54) is 6.07 Å². The van der Waals surface area contributed by atoms with Crippen LogP contribution >= 0.6 is 0 Å². The Morgan fingerprint density at radius 2 is 2.18 bits per heavy atom. The molecule has 0 aliphatic carbocycles. The zero-order valence-corrected chi connectivity index (χ0v) is 10.5. The second kappa shape index (κ2) is 6.24. The summed E-state index contributed by atoms with van der Waals surface area (Å²) in [7, 11) is -0.826. The average Bonchev–Trinajstić information content (AvgIpc) is 2.30. The molecule has 1 unspecified atom stereocenters. The van der Waals surface area contributed by atoms with Crippen molar-refractivity contribution < 1.29 is 9.00 Å². The fraction of sp³-hybridized carbons (Fsp3) is 0.364. The van der Waals surface area contributed by atoms with Gasteiger partial charge in [0.2, 0.25) is 0 Å².